The Morgan fingerprint density at radius 3 is 2.52 bits per heavy atom. The van der Waals surface area contributed by atoms with Gasteiger partial charge in [-0.15, -0.1) is 0 Å². The second-order valence-corrected chi connectivity index (χ2v) is 8.65. The maximum atomic E-state index is 12.7. The predicted octanol–water partition coefficient (Wildman–Crippen LogP) is 1.71. The van der Waals surface area contributed by atoms with Gasteiger partial charge in [0, 0.05) is 63.1 Å². The molecule has 156 valence electrons. The highest BCUT2D eigenvalue weighted by Gasteiger charge is 2.38. The quantitative estimate of drug-likeness (QED) is 0.774. The van der Waals surface area contributed by atoms with Crippen LogP contribution in [0, 0.1) is 18.8 Å². The van der Waals surface area contributed by atoms with Crippen molar-refractivity contribution in [1.29, 1.82) is 0 Å². The molecule has 3 fully saturated rings. The molecule has 1 aromatic heterocycles. The largest absolute Gasteiger partial charge is 0.342 e. The van der Waals surface area contributed by atoms with Gasteiger partial charge in [-0.05, 0) is 50.7 Å². The van der Waals surface area contributed by atoms with Crippen molar-refractivity contribution in [2.75, 3.05) is 39.3 Å². The summed E-state index contributed by atoms with van der Waals surface area (Å²) in [5, 5.41) is 0. The highest BCUT2D eigenvalue weighted by Crippen LogP contribution is 2.26. The lowest BCUT2D eigenvalue weighted by molar-refractivity contribution is -0.134. The second kappa shape index (κ2) is 8.51. The molecule has 0 N–H and O–H groups in total. The average molecular weight is 399 g/mol. The number of aromatic nitrogens is 1. The van der Waals surface area contributed by atoms with Gasteiger partial charge in [0.05, 0.1) is 5.92 Å². The number of carbonyl (C=O) groups excluding carboxylic acids is 3. The zero-order chi connectivity index (χ0) is 20.4. The third-order valence-electron chi connectivity index (χ3n) is 6.51. The van der Waals surface area contributed by atoms with Crippen LogP contribution >= 0.6 is 0 Å². The maximum Gasteiger partial charge on any atom is 0.253 e. The van der Waals surface area contributed by atoms with Gasteiger partial charge >= 0.3 is 0 Å². The Morgan fingerprint density at radius 2 is 1.83 bits per heavy atom. The summed E-state index contributed by atoms with van der Waals surface area (Å²) in [7, 11) is 0. The standard InChI is InChI=1S/C22H30N4O3/c1-16-12-18(4-7-23-16)21(28)25-10-5-17(6-11-25)14-26-15-19(13-20(26)27)22(29)24-8-2-3-9-24/h4,7,12,17,19H,2-3,5-6,8-11,13-15H2,1H3. The molecule has 0 aliphatic carbocycles. The molecule has 3 aliphatic heterocycles. The van der Waals surface area contributed by atoms with E-state index in [9.17, 15) is 14.4 Å². The third-order valence-corrected chi connectivity index (χ3v) is 6.51. The summed E-state index contributed by atoms with van der Waals surface area (Å²) < 4.78 is 0. The highest BCUT2D eigenvalue weighted by molar-refractivity contribution is 5.94. The van der Waals surface area contributed by atoms with Gasteiger partial charge in [-0.25, -0.2) is 0 Å². The topological polar surface area (TPSA) is 73.8 Å². The lowest BCUT2D eigenvalue weighted by atomic mass is 9.95. The molecule has 3 saturated heterocycles. The molecule has 0 bridgehead atoms. The molecule has 7 nitrogen and oxygen atoms in total. The van der Waals surface area contributed by atoms with E-state index in [1.165, 1.54) is 0 Å². The minimum atomic E-state index is -0.169. The van der Waals surface area contributed by atoms with Crippen molar-refractivity contribution in [3.05, 3.63) is 29.6 Å². The van der Waals surface area contributed by atoms with Crippen LogP contribution in [0.5, 0.6) is 0 Å². The summed E-state index contributed by atoms with van der Waals surface area (Å²) in [4.78, 5) is 47.6. The molecule has 7 heteroatoms. The Bertz CT molecular complexity index is 782. The third kappa shape index (κ3) is 4.43. The van der Waals surface area contributed by atoms with Gasteiger partial charge in [0.25, 0.3) is 5.91 Å². The van der Waals surface area contributed by atoms with Gasteiger partial charge in [0.2, 0.25) is 11.8 Å². The van der Waals surface area contributed by atoms with Crippen molar-refractivity contribution >= 4 is 17.7 Å². The van der Waals surface area contributed by atoms with Crippen molar-refractivity contribution in [2.24, 2.45) is 11.8 Å². The molecule has 4 rings (SSSR count). The molecular formula is C22H30N4O3. The van der Waals surface area contributed by atoms with Crippen LogP contribution in [0.2, 0.25) is 0 Å². The van der Waals surface area contributed by atoms with Gasteiger partial charge in [0.1, 0.15) is 0 Å². The Hall–Kier alpha value is -2.44. The van der Waals surface area contributed by atoms with Crippen molar-refractivity contribution < 1.29 is 14.4 Å². The fourth-order valence-corrected chi connectivity index (χ4v) is 4.80. The molecule has 0 radical (unpaired) electrons. The minimum absolute atomic E-state index is 0.0578. The smallest absolute Gasteiger partial charge is 0.253 e. The van der Waals surface area contributed by atoms with E-state index in [0.29, 0.717) is 44.1 Å². The van der Waals surface area contributed by atoms with E-state index in [1.54, 1.807) is 12.3 Å². The minimum Gasteiger partial charge on any atom is -0.342 e. The number of likely N-dealkylation sites (tertiary alicyclic amines) is 3. The number of aryl methyl sites for hydroxylation is 1. The number of hydrogen-bond acceptors (Lipinski definition) is 4. The van der Waals surface area contributed by atoms with Crippen LogP contribution in [0.25, 0.3) is 0 Å². The van der Waals surface area contributed by atoms with Crippen molar-refractivity contribution in [3.63, 3.8) is 0 Å². The van der Waals surface area contributed by atoms with Crippen LogP contribution in [0.4, 0.5) is 0 Å². The van der Waals surface area contributed by atoms with Gasteiger partial charge in [-0.3, -0.25) is 19.4 Å². The maximum absolute atomic E-state index is 12.7. The van der Waals surface area contributed by atoms with Crippen molar-refractivity contribution in [2.45, 2.75) is 39.0 Å². The van der Waals surface area contributed by atoms with Gasteiger partial charge < -0.3 is 14.7 Å². The number of piperidine rings is 1. The zero-order valence-corrected chi connectivity index (χ0v) is 17.2. The summed E-state index contributed by atoms with van der Waals surface area (Å²) in [5.74, 6) is 0.544. The first-order valence-electron chi connectivity index (χ1n) is 10.8. The van der Waals surface area contributed by atoms with E-state index < -0.39 is 0 Å². The molecule has 1 atom stereocenters. The first-order chi connectivity index (χ1) is 14.0. The Labute approximate surface area is 172 Å². The Kier molecular flexibility index (Phi) is 5.83. The van der Waals surface area contributed by atoms with Gasteiger partial charge in [0.15, 0.2) is 0 Å². The number of rotatable bonds is 4. The Morgan fingerprint density at radius 1 is 1.10 bits per heavy atom. The van der Waals surface area contributed by atoms with E-state index in [2.05, 4.69) is 4.98 Å². The first kappa shape index (κ1) is 19.9. The summed E-state index contributed by atoms with van der Waals surface area (Å²) in [5.41, 5.74) is 1.53. The molecule has 1 unspecified atom stereocenters. The molecule has 4 heterocycles. The summed E-state index contributed by atoms with van der Waals surface area (Å²) >= 11 is 0. The number of amides is 3. The van der Waals surface area contributed by atoms with Crippen molar-refractivity contribution in [1.82, 2.24) is 19.7 Å². The summed E-state index contributed by atoms with van der Waals surface area (Å²) in [6.45, 7) is 6.26. The predicted molar refractivity (Wildman–Crippen MR) is 108 cm³/mol. The van der Waals surface area contributed by atoms with Crippen LogP contribution in [0.3, 0.4) is 0 Å². The van der Waals surface area contributed by atoms with Crippen LogP contribution < -0.4 is 0 Å². The molecular weight excluding hydrogens is 368 g/mol. The normalized spacial score (nSPS) is 23.1. The van der Waals surface area contributed by atoms with E-state index >= 15 is 0 Å². The van der Waals surface area contributed by atoms with Crippen molar-refractivity contribution in [3.8, 4) is 0 Å². The van der Waals surface area contributed by atoms with E-state index in [-0.39, 0.29) is 23.6 Å². The average Bonchev–Trinajstić information content (AvgIpc) is 3.38. The van der Waals surface area contributed by atoms with Gasteiger partial charge in [-0.2, -0.15) is 0 Å². The molecule has 0 aromatic carbocycles. The van der Waals surface area contributed by atoms with Crippen LogP contribution in [0.1, 0.15) is 48.2 Å². The van der Waals surface area contributed by atoms with Crippen LogP contribution in [-0.2, 0) is 9.59 Å². The highest BCUT2D eigenvalue weighted by atomic mass is 16.2. The molecule has 0 spiro atoms. The molecule has 29 heavy (non-hydrogen) atoms. The van der Waals surface area contributed by atoms with Crippen LogP contribution in [-0.4, -0.2) is 76.7 Å². The van der Waals surface area contributed by atoms with Crippen LogP contribution in [0.15, 0.2) is 18.3 Å². The molecule has 3 aliphatic rings. The SMILES string of the molecule is Cc1cc(C(=O)N2CCC(CN3CC(C(=O)N4CCCC4)CC3=O)CC2)ccn1. The van der Waals surface area contributed by atoms with Gasteiger partial charge in [-0.1, -0.05) is 0 Å². The number of carbonyl (C=O) groups is 3. The Balaban J connectivity index is 1.27. The van der Waals surface area contributed by atoms with E-state index in [1.807, 2.05) is 27.7 Å². The second-order valence-electron chi connectivity index (χ2n) is 8.65. The van der Waals surface area contributed by atoms with E-state index in [4.69, 9.17) is 0 Å². The monoisotopic (exact) mass is 398 g/mol. The fourth-order valence-electron chi connectivity index (χ4n) is 4.80. The molecule has 3 amide bonds. The zero-order valence-electron chi connectivity index (χ0n) is 17.2. The van der Waals surface area contributed by atoms with E-state index in [0.717, 1.165) is 44.5 Å². The fraction of sp³-hybridized carbons (Fsp3) is 0.636. The lowest BCUT2D eigenvalue weighted by Crippen LogP contribution is -2.42. The molecule has 1 aromatic rings. The summed E-state index contributed by atoms with van der Waals surface area (Å²) in [6, 6.07) is 3.59. The number of hydrogen-bond donors (Lipinski definition) is 0. The first-order valence-corrected chi connectivity index (χ1v) is 10.8. The summed E-state index contributed by atoms with van der Waals surface area (Å²) in [6.07, 6.45) is 5.97. The lowest BCUT2D eigenvalue weighted by Gasteiger charge is -2.34. The molecule has 0 saturated carbocycles. The number of pyridine rings is 1. The number of nitrogens with zero attached hydrogens (tertiary/aromatic N) is 4.